The first-order valence-corrected chi connectivity index (χ1v) is 4.52. The van der Waals surface area contributed by atoms with Crippen molar-refractivity contribution in [3.8, 4) is 5.75 Å². The highest BCUT2D eigenvalue weighted by atomic mass is 19.1. The zero-order valence-electron chi connectivity index (χ0n) is 8.16. The third-order valence-corrected chi connectivity index (χ3v) is 1.84. The van der Waals surface area contributed by atoms with Gasteiger partial charge in [-0.15, -0.1) is 6.58 Å². The molecule has 0 heterocycles. The Labute approximate surface area is 87.2 Å². The van der Waals surface area contributed by atoms with E-state index in [1.165, 1.54) is 6.07 Å². The number of hydrogen-bond acceptors (Lipinski definition) is 2. The molecule has 0 aliphatic rings. The van der Waals surface area contributed by atoms with E-state index >= 15 is 0 Å². The van der Waals surface area contributed by atoms with Gasteiger partial charge in [-0.05, 0) is 18.6 Å². The molecule has 0 aromatic heterocycles. The summed E-state index contributed by atoms with van der Waals surface area (Å²) in [6.45, 7) is 3.95. The van der Waals surface area contributed by atoms with Crippen molar-refractivity contribution >= 4 is 5.91 Å². The van der Waals surface area contributed by atoms with Crippen LogP contribution in [0, 0.1) is 5.82 Å². The molecule has 0 aliphatic carbocycles. The molecule has 0 radical (unpaired) electrons. The third kappa shape index (κ3) is 3.09. The highest BCUT2D eigenvalue weighted by Gasteiger charge is 2.10. The summed E-state index contributed by atoms with van der Waals surface area (Å²) in [4.78, 5) is 11.4. The molecule has 1 aromatic carbocycles. The van der Waals surface area contributed by atoms with E-state index in [0.29, 0.717) is 13.0 Å². The molecule has 0 saturated carbocycles. The molecule has 2 N–H and O–H groups in total. The van der Waals surface area contributed by atoms with Crippen LogP contribution in [0.25, 0.3) is 0 Å². The topological polar surface area (TPSA) is 49.3 Å². The summed E-state index contributed by atoms with van der Waals surface area (Å²) >= 11 is 0. The van der Waals surface area contributed by atoms with E-state index in [1.54, 1.807) is 6.08 Å². The molecule has 1 rings (SSSR count). The Morgan fingerprint density at radius 2 is 2.33 bits per heavy atom. The van der Waals surface area contributed by atoms with Crippen LogP contribution < -0.4 is 5.32 Å². The molecular weight excluding hydrogens is 197 g/mol. The highest BCUT2D eigenvalue weighted by Crippen LogP contribution is 2.17. The first-order valence-electron chi connectivity index (χ1n) is 4.52. The molecule has 0 aliphatic heterocycles. The maximum Gasteiger partial charge on any atom is 0.255 e. The first-order chi connectivity index (χ1) is 7.15. The molecule has 80 valence electrons. The molecule has 1 amide bonds. The van der Waals surface area contributed by atoms with Gasteiger partial charge in [0, 0.05) is 12.6 Å². The minimum Gasteiger partial charge on any atom is -0.507 e. The van der Waals surface area contributed by atoms with Gasteiger partial charge in [0.1, 0.15) is 11.6 Å². The Kier molecular flexibility index (Phi) is 3.85. The van der Waals surface area contributed by atoms with Crippen molar-refractivity contribution in [2.75, 3.05) is 6.54 Å². The molecule has 0 bridgehead atoms. The molecule has 0 unspecified atom stereocenters. The minimum absolute atomic E-state index is 0.0699. The second-order valence-corrected chi connectivity index (χ2v) is 2.99. The van der Waals surface area contributed by atoms with E-state index in [0.717, 1.165) is 12.1 Å². The fraction of sp³-hybridized carbons (Fsp3) is 0.182. The van der Waals surface area contributed by atoms with Crippen LogP contribution in [-0.2, 0) is 0 Å². The molecule has 4 heteroatoms. The number of phenolic OH excluding ortho intramolecular Hbond substituents is 1. The molecule has 0 atom stereocenters. The Bertz CT molecular complexity index is 377. The number of carbonyl (C=O) groups is 1. The van der Waals surface area contributed by atoms with Crippen molar-refractivity contribution in [1.82, 2.24) is 5.32 Å². The van der Waals surface area contributed by atoms with Gasteiger partial charge in [-0.2, -0.15) is 0 Å². The van der Waals surface area contributed by atoms with Crippen molar-refractivity contribution in [1.29, 1.82) is 0 Å². The van der Waals surface area contributed by atoms with E-state index < -0.39 is 11.7 Å². The predicted octanol–water partition coefficient (Wildman–Crippen LogP) is 1.84. The highest BCUT2D eigenvalue weighted by molar-refractivity contribution is 5.96. The van der Waals surface area contributed by atoms with Crippen molar-refractivity contribution in [3.63, 3.8) is 0 Å². The average Bonchev–Trinajstić information content (AvgIpc) is 2.17. The summed E-state index contributed by atoms with van der Waals surface area (Å²) in [7, 11) is 0. The van der Waals surface area contributed by atoms with Gasteiger partial charge in [0.25, 0.3) is 5.91 Å². The maximum atomic E-state index is 12.6. The largest absolute Gasteiger partial charge is 0.507 e. The summed E-state index contributed by atoms with van der Waals surface area (Å²) in [6, 6.07) is 3.28. The van der Waals surface area contributed by atoms with Crippen molar-refractivity contribution in [2.24, 2.45) is 0 Å². The molecule has 0 saturated heterocycles. The molecule has 3 nitrogen and oxygen atoms in total. The zero-order valence-corrected chi connectivity index (χ0v) is 8.16. The molecule has 1 aromatic rings. The van der Waals surface area contributed by atoms with Gasteiger partial charge in [0.05, 0.1) is 5.56 Å². The number of rotatable bonds is 4. The van der Waals surface area contributed by atoms with E-state index in [1.807, 2.05) is 0 Å². The SMILES string of the molecule is C=CCCNC(=O)c1ccc(F)cc1O. The molecule has 15 heavy (non-hydrogen) atoms. The van der Waals surface area contributed by atoms with Crippen LogP contribution >= 0.6 is 0 Å². The van der Waals surface area contributed by atoms with Crippen LogP contribution in [-0.4, -0.2) is 17.6 Å². The number of nitrogens with one attached hydrogen (secondary N) is 1. The number of halogens is 1. The van der Waals surface area contributed by atoms with Crippen LogP contribution in [0.2, 0.25) is 0 Å². The quantitative estimate of drug-likeness (QED) is 0.587. The number of carbonyl (C=O) groups excluding carboxylic acids is 1. The van der Waals surface area contributed by atoms with Crippen LogP contribution in [0.5, 0.6) is 5.75 Å². The Morgan fingerprint density at radius 3 is 2.93 bits per heavy atom. The monoisotopic (exact) mass is 209 g/mol. The number of hydrogen-bond donors (Lipinski definition) is 2. The summed E-state index contributed by atoms with van der Waals surface area (Å²) < 4.78 is 12.6. The lowest BCUT2D eigenvalue weighted by molar-refractivity contribution is 0.0951. The Balaban J connectivity index is 2.69. The Hall–Kier alpha value is -1.84. The van der Waals surface area contributed by atoms with Crippen molar-refractivity contribution in [2.45, 2.75) is 6.42 Å². The van der Waals surface area contributed by atoms with Gasteiger partial charge in [-0.25, -0.2) is 4.39 Å². The van der Waals surface area contributed by atoms with Crippen LogP contribution in [0.3, 0.4) is 0 Å². The van der Waals surface area contributed by atoms with Gasteiger partial charge in [-0.1, -0.05) is 6.08 Å². The minimum atomic E-state index is -0.574. The maximum absolute atomic E-state index is 12.6. The van der Waals surface area contributed by atoms with Gasteiger partial charge < -0.3 is 10.4 Å². The molecule has 0 spiro atoms. The fourth-order valence-electron chi connectivity index (χ4n) is 1.08. The number of amides is 1. The summed E-state index contributed by atoms with van der Waals surface area (Å²) in [5, 5.41) is 11.9. The van der Waals surface area contributed by atoms with Crippen LogP contribution in [0.15, 0.2) is 30.9 Å². The Morgan fingerprint density at radius 1 is 1.60 bits per heavy atom. The molecule has 0 fully saturated rings. The fourth-order valence-corrected chi connectivity index (χ4v) is 1.08. The average molecular weight is 209 g/mol. The van der Waals surface area contributed by atoms with Gasteiger partial charge in [-0.3, -0.25) is 4.79 Å². The van der Waals surface area contributed by atoms with Crippen molar-refractivity contribution < 1.29 is 14.3 Å². The lowest BCUT2D eigenvalue weighted by atomic mass is 10.2. The smallest absolute Gasteiger partial charge is 0.255 e. The van der Waals surface area contributed by atoms with E-state index in [2.05, 4.69) is 11.9 Å². The normalized spacial score (nSPS) is 9.67. The molecular formula is C11H12FNO2. The third-order valence-electron chi connectivity index (χ3n) is 1.84. The van der Waals surface area contributed by atoms with Gasteiger partial charge >= 0.3 is 0 Å². The number of benzene rings is 1. The summed E-state index contributed by atoms with van der Waals surface area (Å²) in [5.74, 6) is -1.35. The lowest BCUT2D eigenvalue weighted by Crippen LogP contribution is -2.24. The van der Waals surface area contributed by atoms with Crippen LogP contribution in [0.1, 0.15) is 16.8 Å². The second-order valence-electron chi connectivity index (χ2n) is 2.99. The van der Waals surface area contributed by atoms with Crippen LogP contribution in [0.4, 0.5) is 4.39 Å². The predicted molar refractivity (Wildman–Crippen MR) is 55.2 cm³/mol. The first kappa shape index (κ1) is 11.2. The lowest BCUT2D eigenvalue weighted by Gasteiger charge is -2.05. The summed E-state index contributed by atoms with van der Waals surface area (Å²) in [5.41, 5.74) is 0.0699. The zero-order chi connectivity index (χ0) is 11.3. The van der Waals surface area contributed by atoms with Crippen molar-refractivity contribution in [3.05, 3.63) is 42.2 Å². The van der Waals surface area contributed by atoms with Gasteiger partial charge in [0.2, 0.25) is 0 Å². The van der Waals surface area contributed by atoms with Gasteiger partial charge in [0.15, 0.2) is 0 Å². The summed E-state index contributed by atoms with van der Waals surface area (Å²) in [6.07, 6.45) is 2.32. The van der Waals surface area contributed by atoms with E-state index in [-0.39, 0.29) is 11.3 Å². The van der Waals surface area contributed by atoms with E-state index in [4.69, 9.17) is 0 Å². The standard InChI is InChI=1S/C11H12FNO2/c1-2-3-6-13-11(15)9-5-4-8(12)7-10(9)14/h2,4-5,7,14H,1,3,6H2,(H,13,15). The number of phenols is 1. The second kappa shape index (κ2) is 5.14. The number of aromatic hydroxyl groups is 1. The van der Waals surface area contributed by atoms with E-state index in [9.17, 15) is 14.3 Å².